The lowest BCUT2D eigenvalue weighted by atomic mass is 10.2. The summed E-state index contributed by atoms with van der Waals surface area (Å²) in [6.07, 6.45) is -0.889. The molecule has 0 amide bonds. The van der Waals surface area contributed by atoms with Crippen molar-refractivity contribution >= 4 is 0 Å². The predicted octanol–water partition coefficient (Wildman–Crippen LogP) is 0.103. The molecular weight excluding hydrogens is 198 g/mol. The Morgan fingerprint density at radius 1 is 1.33 bits per heavy atom. The van der Waals surface area contributed by atoms with E-state index in [1.54, 1.807) is 4.90 Å². The normalized spacial score (nSPS) is 20.9. The first kappa shape index (κ1) is 10.1. The number of aliphatic hydroxyl groups is 1. The van der Waals surface area contributed by atoms with Crippen molar-refractivity contribution in [2.24, 2.45) is 0 Å². The summed E-state index contributed by atoms with van der Waals surface area (Å²) in [6.45, 7) is 4.25. The van der Waals surface area contributed by atoms with Crippen molar-refractivity contribution < 1.29 is 15.3 Å². The van der Waals surface area contributed by atoms with Gasteiger partial charge in [0.15, 0.2) is 6.23 Å². The van der Waals surface area contributed by atoms with Gasteiger partial charge in [0.25, 0.3) is 0 Å². The zero-order valence-electron chi connectivity index (χ0n) is 8.55. The molecule has 1 aromatic heterocycles. The average Bonchev–Trinajstić information content (AvgIpc) is 2.44. The summed E-state index contributed by atoms with van der Waals surface area (Å²) in [5, 5.41) is 28.5. The Morgan fingerprint density at radius 3 is 2.60 bits per heavy atom. The van der Waals surface area contributed by atoms with Crippen LogP contribution in [0.1, 0.15) is 31.3 Å². The molecule has 0 saturated carbocycles. The van der Waals surface area contributed by atoms with Gasteiger partial charge in [-0.15, -0.1) is 0 Å². The number of aromatic nitrogens is 2. The van der Waals surface area contributed by atoms with Gasteiger partial charge in [0, 0.05) is 12.6 Å². The lowest BCUT2D eigenvalue weighted by molar-refractivity contribution is -0.00983. The first-order valence-electron chi connectivity index (χ1n) is 4.73. The van der Waals surface area contributed by atoms with Crippen molar-refractivity contribution in [3.8, 4) is 11.9 Å². The first-order chi connectivity index (χ1) is 7.00. The molecule has 0 radical (unpaired) electrons. The fourth-order valence-corrected chi connectivity index (χ4v) is 1.73. The summed E-state index contributed by atoms with van der Waals surface area (Å²) in [6, 6.07) is -0.397. The molecule has 1 aromatic rings. The van der Waals surface area contributed by atoms with Crippen LogP contribution in [0.4, 0.5) is 0 Å². The number of rotatable bonds is 1. The molecule has 82 valence electrons. The number of nitrogens with zero attached hydrogens (tertiary/aromatic N) is 3. The van der Waals surface area contributed by atoms with Crippen LogP contribution in [-0.2, 0) is 6.54 Å². The number of fused-ring (bicyclic) bond motifs is 1. The Kier molecular flexibility index (Phi) is 2.24. The molecule has 2 rings (SSSR count). The minimum absolute atomic E-state index is 0.121. The minimum atomic E-state index is -0.889. The molecular formula is C9H13N3O3. The van der Waals surface area contributed by atoms with Crippen molar-refractivity contribution in [2.75, 3.05) is 0 Å². The van der Waals surface area contributed by atoms with E-state index in [1.165, 1.54) is 0 Å². The van der Waals surface area contributed by atoms with Crippen LogP contribution in [0.15, 0.2) is 0 Å². The van der Waals surface area contributed by atoms with E-state index in [-0.39, 0.29) is 17.6 Å². The van der Waals surface area contributed by atoms with Crippen LogP contribution in [0, 0.1) is 0 Å². The van der Waals surface area contributed by atoms with E-state index in [1.807, 2.05) is 13.8 Å². The molecule has 1 unspecified atom stereocenters. The van der Waals surface area contributed by atoms with Crippen LogP contribution in [-0.4, -0.2) is 36.2 Å². The van der Waals surface area contributed by atoms with Gasteiger partial charge in [-0.05, 0) is 13.8 Å². The fraction of sp³-hybridized carbons (Fsp3) is 0.556. The monoisotopic (exact) mass is 211 g/mol. The Morgan fingerprint density at radius 2 is 2.00 bits per heavy atom. The van der Waals surface area contributed by atoms with Crippen molar-refractivity contribution in [3.63, 3.8) is 0 Å². The van der Waals surface area contributed by atoms with E-state index < -0.39 is 12.2 Å². The van der Waals surface area contributed by atoms with Gasteiger partial charge in [-0.2, -0.15) is 9.97 Å². The number of aromatic hydroxyl groups is 2. The Balaban J connectivity index is 2.45. The maximum Gasteiger partial charge on any atom is 0.317 e. The second kappa shape index (κ2) is 3.32. The summed E-state index contributed by atoms with van der Waals surface area (Å²) in [4.78, 5) is 8.91. The van der Waals surface area contributed by atoms with Gasteiger partial charge in [-0.25, -0.2) is 0 Å². The second-order valence-electron chi connectivity index (χ2n) is 3.85. The zero-order valence-corrected chi connectivity index (χ0v) is 8.55. The third-order valence-corrected chi connectivity index (χ3v) is 2.57. The Bertz CT molecular complexity index is 394. The highest BCUT2D eigenvalue weighted by molar-refractivity contribution is 5.35. The summed E-state index contributed by atoms with van der Waals surface area (Å²) in [7, 11) is 0. The summed E-state index contributed by atoms with van der Waals surface area (Å²) in [5.74, 6) is -0.264. The molecule has 2 heterocycles. The third kappa shape index (κ3) is 1.51. The number of aliphatic hydroxyl groups excluding tert-OH is 1. The molecule has 1 aliphatic heterocycles. The van der Waals surface area contributed by atoms with Crippen molar-refractivity contribution in [1.82, 2.24) is 14.9 Å². The van der Waals surface area contributed by atoms with E-state index >= 15 is 0 Å². The highest BCUT2D eigenvalue weighted by Gasteiger charge is 2.34. The molecule has 1 atom stereocenters. The van der Waals surface area contributed by atoms with E-state index in [2.05, 4.69) is 9.97 Å². The quantitative estimate of drug-likeness (QED) is 0.610. The Hall–Kier alpha value is -1.40. The van der Waals surface area contributed by atoms with E-state index in [0.717, 1.165) is 0 Å². The standard InChI is InChI=1S/C9H13N3O3/c1-4(2)12-3-5-6(8(12)14)10-9(15)11-7(5)13/h4,8,14H,3H2,1-2H3,(H2,10,11,13,15). The van der Waals surface area contributed by atoms with Crippen LogP contribution in [0.5, 0.6) is 11.9 Å². The highest BCUT2D eigenvalue weighted by Crippen LogP contribution is 2.36. The number of hydrogen-bond donors (Lipinski definition) is 3. The smallest absolute Gasteiger partial charge is 0.317 e. The fourth-order valence-electron chi connectivity index (χ4n) is 1.73. The molecule has 0 aliphatic carbocycles. The SMILES string of the molecule is CC(C)N1Cc2c(O)nc(O)nc2C1O. The molecule has 0 fully saturated rings. The van der Waals surface area contributed by atoms with E-state index in [0.29, 0.717) is 12.1 Å². The molecule has 15 heavy (non-hydrogen) atoms. The summed E-state index contributed by atoms with van der Waals surface area (Å²) < 4.78 is 0. The topological polar surface area (TPSA) is 89.7 Å². The predicted molar refractivity (Wildman–Crippen MR) is 51.0 cm³/mol. The molecule has 6 heteroatoms. The van der Waals surface area contributed by atoms with Crippen LogP contribution in [0.2, 0.25) is 0 Å². The molecule has 0 aromatic carbocycles. The highest BCUT2D eigenvalue weighted by atomic mass is 16.3. The third-order valence-electron chi connectivity index (χ3n) is 2.57. The maximum atomic E-state index is 9.87. The molecule has 0 saturated heterocycles. The molecule has 1 aliphatic rings. The molecule has 6 nitrogen and oxygen atoms in total. The lowest BCUT2D eigenvalue weighted by Crippen LogP contribution is -2.29. The summed E-state index contributed by atoms with van der Waals surface area (Å²) >= 11 is 0. The maximum absolute atomic E-state index is 9.87. The Labute approximate surface area is 86.8 Å². The van der Waals surface area contributed by atoms with Crippen molar-refractivity contribution in [2.45, 2.75) is 32.7 Å². The van der Waals surface area contributed by atoms with Gasteiger partial charge in [0.1, 0.15) is 0 Å². The van der Waals surface area contributed by atoms with Crippen LogP contribution >= 0.6 is 0 Å². The van der Waals surface area contributed by atoms with E-state index in [9.17, 15) is 10.2 Å². The minimum Gasteiger partial charge on any atom is -0.493 e. The van der Waals surface area contributed by atoms with Crippen molar-refractivity contribution in [1.29, 1.82) is 0 Å². The van der Waals surface area contributed by atoms with Gasteiger partial charge in [0.05, 0.1) is 11.3 Å². The molecule has 0 spiro atoms. The van der Waals surface area contributed by atoms with Gasteiger partial charge in [-0.1, -0.05) is 0 Å². The van der Waals surface area contributed by atoms with E-state index in [4.69, 9.17) is 5.11 Å². The zero-order chi connectivity index (χ0) is 11.2. The van der Waals surface area contributed by atoms with Crippen LogP contribution in [0.3, 0.4) is 0 Å². The second-order valence-corrected chi connectivity index (χ2v) is 3.85. The first-order valence-corrected chi connectivity index (χ1v) is 4.73. The van der Waals surface area contributed by atoms with Gasteiger partial charge in [0.2, 0.25) is 5.88 Å². The van der Waals surface area contributed by atoms with Gasteiger partial charge in [-0.3, -0.25) is 4.90 Å². The average molecular weight is 211 g/mol. The molecule has 3 N–H and O–H groups in total. The lowest BCUT2D eigenvalue weighted by Gasteiger charge is -2.23. The van der Waals surface area contributed by atoms with Gasteiger partial charge < -0.3 is 15.3 Å². The van der Waals surface area contributed by atoms with Crippen LogP contribution < -0.4 is 0 Å². The van der Waals surface area contributed by atoms with Gasteiger partial charge >= 0.3 is 6.01 Å². The number of hydrogen-bond acceptors (Lipinski definition) is 6. The summed E-state index contributed by atoms with van der Waals surface area (Å²) in [5.41, 5.74) is 0.766. The van der Waals surface area contributed by atoms with Crippen LogP contribution in [0.25, 0.3) is 0 Å². The largest absolute Gasteiger partial charge is 0.493 e. The van der Waals surface area contributed by atoms with Crippen molar-refractivity contribution in [3.05, 3.63) is 11.3 Å². The molecule has 0 bridgehead atoms.